The fraction of sp³-hybridized carbons (Fsp3) is 0.694. The molecule has 0 aliphatic carbocycles. The van der Waals surface area contributed by atoms with Crippen LogP contribution in [0.2, 0.25) is 26.2 Å². The Kier molecular flexibility index (Phi) is 24.1. The average Bonchev–Trinajstić information content (AvgIpc) is 3.81. The number of benzene rings is 1. The van der Waals surface area contributed by atoms with Crippen molar-refractivity contribution in [2.24, 2.45) is 28.8 Å². The van der Waals surface area contributed by atoms with E-state index in [2.05, 4.69) is 61.4 Å². The van der Waals surface area contributed by atoms with E-state index in [4.69, 9.17) is 19.1 Å². The maximum atomic E-state index is 14.8. The third kappa shape index (κ3) is 17.4. The number of methoxy groups -OCH3 is 2. The smallest absolute Gasteiger partial charge is 0.326 e. The minimum absolute atomic E-state index is 0.0518. The quantitative estimate of drug-likeness (QED) is 0.0193. The molecule has 1 saturated heterocycles. The van der Waals surface area contributed by atoms with Crippen molar-refractivity contribution in [2.75, 3.05) is 40.2 Å². The van der Waals surface area contributed by atoms with Crippen LogP contribution in [-0.2, 0) is 50.5 Å². The van der Waals surface area contributed by atoms with Gasteiger partial charge in [0.15, 0.2) is 13.5 Å². The summed E-state index contributed by atoms with van der Waals surface area (Å²) < 4.78 is 21.1. The second-order valence-electron chi connectivity index (χ2n) is 20.6. The first-order valence-electron chi connectivity index (χ1n) is 24.7. The zero-order chi connectivity index (χ0) is 53.4. The third-order valence-electron chi connectivity index (χ3n) is 13.6. The molecule has 2 aromatic rings. The van der Waals surface area contributed by atoms with Crippen LogP contribution >= 0.6 is 11.8 Å². The summed E-state index contributed by atoms with van der Waals surface area (Å²) in [5.74, 6) is -3.73. The average molecular weight is 1040 g/mol. The minimum atomic E-state index is -2.72. The highest BCUT2D eigenvalue weighted by Gasteiger charge is 2.46. The zero-order valence-corrected chi connectivity index (χ0v) is 47.6. The number of likely N-dealkylation sites (N-methyl/N-ethyl adjacent to an activating group) is 2. The molecule has 0 bridgehead atoms. The van der Waals surface area contributed by atoms with Gasteiger partial charge in [-0.25, -0.2) is 14.8 Å². The van der Waals surface area contributed by atoms with Crippen molar-refractivity contribution < 1.29 is 42.7 Å². The maximum Gasteiger partial charge on any atom is 0.326 e. The SMILES string of the molecule is CC[C@H](C)[C@@H]([C@@H](CC(=O)N1CCC[C@H]1[C@H](OC)[C@@H](C)C(=O)N[C@@H](Cc1ccccc1)C(=O)O)OC)N(C)C(=O)[C@@H](NC(=O)[C@H](C(C)C)N(C)[Si](C)(C)O[Si](C)(C)CSc1ncc(CN=[N+]=[N-])cn1)C(C)C. The lowest BCUT2D eigenvalue weighted by Gasteiger charge is -2.44. The molecule has 396 valence electrons. The molecule has 1 fully saturated rings. The lowest BCUT2D eigenvalue weighted by atomic mass is 9.89. The highest BCUT2D eigenvalue weighted by atomic mass is 32.2. The molecular weight excluding hydrogens is 961 g/mol. The van der Waals surface area contributed by atoms with Crippen molar-refractivity contribution in [1.29, 1.82) is 0 Å². The maximum absolute atomic E-state index is 14.8. The van der Waals surface area contributed by atoms with E-state index in [-0.39, 0.29) is 54.9 Å². The second-order valence-corrected chi connectivity index (χ2v) is 30.3. The lowest BCUT2D eigenvalue weighted by Crippen LogP contribution is -2.65. The standard InChI is InChI=1S/C49H82N10O9SSi2/c1-16-33(6)43(39(66-10)26-40(60)59-24-20-23-38(59)44(67-11)34(7)45(61)54-37(48(64)65)25-35-21-18-17-19-22-35)57(8)47(63)41(31(2)3)55-46(62)42(32(4)5)58(9)71(14,15)68-70(12,13)30-69-49-51-27-36(28-52-49)29-53-56-50/h17-19,21-22,27-28,31-34,37-39,41-44H,16,20,23-26,29-30H2,1-15H3,(H,54,61)(H,55,62)(H,64,65)/t33-,34+,37-,38-,39+,41-,42-,43-,44+/m0/s1. The topological polar surface area (TPSA) is 242 Å². The zero-order valence-electron chi connectivity index (χ0n) is 44.7. The third-order valence-corrected chi connectivity index (χ3v) is 23.6. The Morgan fingerprint density at radius 2 is 1.58 bits per heavy atom. The van der Waals surface area contributed by atoms with Crippen LogP contribution in [0.3, 0.4) is 0 Å². The molecule has 0 radical (unpaired) electrons. The van der Waals surface area contributed by atoms with Gasteiger partial charge in [0.25, 0.3) is 8.48 Å². The molecule has 3 N–H and O–H groups in total. The van der Waals surface area contributed by atoms with Gasteiger partial charge in [0.1, 0.15) is 12.1 Å². The van der Waals surface area contributed by atoms with Gasteiger partial charge in [-0.3, -0.25) is 23.7 Å². The van der Waals surface area contributed by atoms with Gasteiger partial charge in [-0.1, -0.05) is 102 Å². The largest absolute Gasteiger partial charge is 0.480 e. The van der Waals surface area contributed by atoms with E-state index in [9.17, 15) is 29.1 Å². The van der Waals surface area contributed by atoms with Gasteiger partial charge >= 0.3 is 5.97 Å². The van der Waals surface area contributed by atoms with E-state index in [1.54, 1.807) is 36.2 Å². The molecule has 0 unspecified atom stereocenters. The summed E-state index contributed by atoms with van der Waals surface area (Å²) in [7, 11) is 1.59. The summed E-state index contributed by atoms with van der Waals surface area (Å²) in [5.41, 5.74) is 10.1. The molecule has 2 heterocycles. The number of aliphatic carboxylic acids is 1. The molecule has 4 amide bonds. The molecule has 0 spiro atoms. The van der Waals surface area contributed by atoms with E-state index >= 15 is 0 Å². The predicted molar refractivity (Wildman–Crippen MR) is 281 cm³/mol. The molecule has 1 aliphatic rings. The number of azide groups is 1. The Balaban J connectivity index is 1.77. The fourth-order valence-electron chi connectivity index (χ4n) is 9.52. The van der Waals surface area contributed by atoms with Crippen LogP contribution in [0.15, 0.2) is 53.0 Å². The van der Waals surface area contributed by atoms with Gasteiger partial charge in [0.05, 0.1) is 49.2 Å². The summed E-state index contributed by atoms with van der Waals surface area (Å²) in [6, 6.07) is 5.43. The first-order chi connectivity index (χ1) is 33.3. The first-order valence-corrected chi connectivity index (χ1v) is 31.7. The van der Waals surface area contributed by atoms with Crippen molar-refractivity contribution in [2.45, 2.75) is 161 Å². The number of carbonyl (C=O) groups is 5. The van der Waals surface area contributed by atoms with E-state index in [1.807, 2.05) is 78.9 Å². The monoisotopic (exact) mass is 1040 g/mol. The van der Waals surface area contributed by atoms with Gasteiger partial charge in [-0.05, 0) is 80.5 Å². The molecule has 1 aliphatic heterocycles. The van der Waals surface area contributed by atoms with Crippen molar-refractivity contribution in [1.82, 2.24) is 35.0 Å². The van der Waals surface area contributed by atoms with Crippen molar-refractivity contribution >= 4 is 58.2 Å². The Hall–Kier alpha value is -4.42. The Morgan fingerprint density at radius 3 is 2.11 bits per heavy atom. The van der Waals surface area contributed by atoms with Gasteiger partial charge in [0.2, 0.25) is 23.6 Å². The second kappa shape index (κ2) is 28.1. The molecule has 1 aromatic carbocycles. The number of ether oxygens (including phenoxy) is 2. The number of hydrogen-bond acceptors (Lipinski definition) is 13. The molecule has 71 heavy (non-hydrogen) atoms. The van der Waals surface area contributed by atoms with Crippen LogP contribution in [0.1, 0.15) is 85.3 Å². The van der Waals surface area contributed by atoms with Gasteiger partial charge < -0.3 is 39.1 Å². The fourth-order valence-corrected chi connectivity index (χ4v) is 19.5. The van der Waals surface area contributed by atoms with E-state index in [0.717, 1.165) is 11.1 Å². The lowest BCUT2D eigenvalue weighted by molar-refractivity contribution is -0.148. The summed E-state index contributed by atoms with van der Waals surface area (Å²) in [6.45, 7) is 22.6. The minimum Gasteiger partial charge on any atom is -0.480 e. The Labute approximate surface area is 428 Å². The number of aromatic nitrogens is 2. The van der Waals surface area contributed by atoms with Gasteiger partial charge in [-0.2, -0.15) is 0 Å². The number of carboxylic acid groups (broad SMARTS) is 1. The predicted octanol–water partition coefficient (Wildman–Crippen LogP) is 6.67. The number of carbonyl (C=O) groups excluding carboxylic acids is 4. The highest BCUT2D eigenvalue weighted by Crippen LogP contribution is 2.31. The van der Waals surface area contributed by atoms with Crippen LogP contribution in [-0.4, -0.2) is 158 Å². The van der Waals surface area contributed by atoms with E-state index in [0.29, 0.717) is 36.3 Å². The highest BCUT2D eigenvalue weighted by molar-refractivity contribution is 8.00. The summed E-state index contributed by atoms with van der Waals surface area (Å²) in [5, 5.41) is 20.7. The van der Waals surface area contributed by atoms with E-state index < -0.39 is 77.0 Å². The van der Waals surface area contributed by atoms with Crippen LogP contribution < -0.4 is 10.6 Å². The van der Waals surface area contributed by atoms with Crippen LogP contribution in [0, 0.1) is 23.7 Å². The number of thioether (sulfide) groups is 1. The van der Waals surface area contributed by atoms with Crippen LogP contribution in [0.25, 0.3) is 10.4 Å². The van der Waals surface area contributed by atoms with Crippen LogP contribution in [0.4, 0.5) is 0 Å². The summed E-state index contributed by atoms with van der Waals surface area (Å²) in [4.78, 5) is 84.6. The number of hydrogen-bond donors (Lipinski definition) is 3. The molecule has 9 atom stereocenters. The molecular formula is C49H82N10O9SSi2. The van der Waals surface area contributed by atoms with Gasteiger partial charge in [0, 0.05) is 56.9 Å². The number of carboxylic acids is 1. The number of nitrogens with zero attached hydrogens (tertiary/aromatic N) is 8. The van der Waals surface area contributed by atoms with Gasteiger partial charge in [-0.15, -0.1) is 0 Å². The van der Waals surface area contributed by atoms with E-state index in [1.165, 1.54) is 26.0 Å². The molecule has 22 heteroatoms. The molecule has 19 nitrogen and oxygen atoms in total. The Bertz CT molecular complexity index is 2100. The number of amides is 4. The molecule has 0 saturated carbocycles. The summed E-state index contributed by atoms with van der Waals surface area (Å²) >= 11 is 1.51. The van der Waals surface area contributed by atoms with Crippen molar-refractivity contribution in [3.8, 4) is 0 Å². The number of nitrogens with one attached hydrogen (secondary N) is 2. The molecule has 3 rings (SSSR count). The van der Waals surface area contributed by atoms with Crippen molar-refractivity contribution in [3.63, 3.8) is 0 Å². The normalized spacial score (nSPS) is 17.7. The number of likely N-dealkylation sites (tertiary alicyclic amines) is 1. The van der Waals surface area contributed by atoms with Crippen molar-refractivity contribution in [3.05, 3.63) is 64.3 Å². The first kappa shape index (κ1) is 60.9. The molecule has 1 aromatic heterocycles. The Morgan fingerprint density at radius 1 is 0.944 bits per heavy atom. The summed E-state index contributed by atoms with van der Waals surface area (Å²) in [6.07, 6.45) is 3.87. The van der Waals surface area contributed by atoms with Crippen LogP contribution in [0.5, 0.6) is 0 Å². The number of rotatable bonds is 29.